The number of carbonyl (C=O) groups is 2. The van der Waals surface area contributed by atoms with Crippen LogP contribution in [-0.4, -0.2) is 40.8 Å². The topological polar surface area (TPSA) is 66.4 Å². The molecule has 0 fully saturated rings. The second kappa shape index (κ2) is 9.97. The maximum Gasteiger partial charge on any atom is 0.326 e. The van der Waals surface area contributed by atoms with Gasteiger partial charge in [-0.1, -0.05) is 11.6 Å². The summed E-state index contributed by atoms with van der Waals surface area (Å²) in [6.45, 7) is 0. The summed E-state index contributed by atoms with van der Waals surface area (Å²) >= 11 is 8.89. The molecule has 1 atom stereocenters. The molecular formula is C14H18ClNO3S2. The standard InChI is InChI=1S/C14H18ClNO3S2/c1-20-8-6-12(14(18)19)16-13(17)7-9-21-11-4-2-10(15)3-5-11/h2-5,12H,6-9H2,1H3,(H,16,17)(H,18,19)/t12-/m1/s1. The molecule has 0 heterocycles. The van der Waals surface area contributed by atoms with Gasteiger partial charge in [0, 0.05) is 22.1 Å². The smallest absolute Gasteiger partial charge is 0.326 e. The minimum absolute atomic E-state index is 0.232. The zero-order chi connectivity index (χ0) is 15.7. The fourth-order valence-corrected chi connectivity index (χ4v) is 3.00. The number of rotatable bonds is 9. The molecular weight excluding hydrogens is 330 g/mol. The van der Waals surface area contributed by atoms with Crippen molar-refractivity contribution in [1.82, 2.24) is 5.32 Å². The van der Waals surface area contributed by atoms with E-state index in [0.29, 0.717) is 22.9 Å². The molecule has 0 radical (unpaired) electrons. The van der Waals surface area contributed by atoms with Gasteiger partial charge >= 0.3 is 5.97 Å². The number of carboxylic acid groups (broad SMARTS) is 1. The van der Waals surface area contributed by atoms with Crippen molar-refractivity contribution in [1.29, 1.82) is 0 Å². The number of hydrogen-bond donors (Lipinski definition) is 2. The van der Waals surface area contributed by atoms with Crippen molar-refractivity contribution in [2.75, 3.05) is 17.8 Å². The van der Waals surface area contributed by atoms with Gasteiger partial charge < -0.3 is 10.4 Å². The number of nitrogens with one attached hydrogen (secondary N) is 1. The van der Waals surface area contributed by atoms with E-state index in [0.717, 1.165) is 4.90 Å². The minimum atomic E-state index is -0.984. The predicted molar refractivity (Wildman–Crippen MR) is 89.4 cm³/mol. The highest BCUT2D eigenvalue weighted by molar-refractivity contribution is 7.99. The van der Waals surface area contributed by atoms with Gasteiger partial charge in [0.05, 0.1) is 0 Å². The molecule has 1 amide bonds. The highest BCUT2D eigenvalue weighted by atomic mass is 35.5. The number of amides is 1. The van der Waals surface area contributed by atoms with Crippen LogP contribution in [-0.2, 0) is 9.59 Å². The van der Waals surface area contributed by atoms with Crippen LogP contribution in [0.25, 0.3) is 0 Å². The van der Waals surface area contributed by atoms with E-state index in [1.807, 2.05) is 18.4 Å². The minimum Gasteiger partial charge on any atom is -0.480 e. The van der Waals surface area contributed by atoms with Crippen molar-refractivity contribution in [3.05, 3.63) is 29.3 Å². The third kappa shape index (κ3) is 7.64. The van der Waals surface area contributed by atoms with Gasteiger partial charge in [0.1, 0.15) is 6.04 Å². The second-order valence-electron chi connectivity index (χ2n) is 4.29. The van der Waals surface area contributed by atoms with Crippen LogP contribution in [0.15, 0.2) is 29.2 Å². The normalized spacial score (nSPS) is 11.9. The Balaban J connectivity index is 2.32. The molecule has 2 N–H and O–H groups in total. The summed E-state index contributed by atoms with van der Waals surface area (Å²) < 4.78 is 0. The van der Waals surface area contributed by atoms with E-state index < -0.39 is 12.0 Å². The van der Waals surface area contributed by atoms with Gasteiger partial charge in [0.15, 0.2) is 0 Å². The molecule has 0 aliphatic carbocycles. The average Bonchev–Trinajstić information content (AvgIpc) is 2.45. The molecule has 0 aliphatic heterocycles. The molecule has 116 valence electrons. The Morgan fingerprint density at radius 1 is 1.29 bits per heavy atom. The molecule has 0 spiro atoms. The van der Waals surface area contributed by atoms with Gasteiger partial charge in [-0.2, -0.15) is 11.8 Å². The summed E-state index contributed by atoms with van der Waals surface area (Å²) in [5, 5.41) is 12.3. The van der Waals surface area contributed by atoms with Crippen LogP contribution in [0.4, 0.5) is 0 Å². The van der Waals surface area contributed by atoms with Crippen molar-refractivity contribution in [2.24, 2.45) is 0 Å². The fourth-order valence-electron chi connectivity index (χ4n) is 1.55. The number of thioether (sulfide) groups is 2. The molecule has 0 aliphatic rings. The molecule has 0 saturated carbocycles. The summed E-state index contributed by atoms with van der Waals surface area (Å²) in [6.07, 6.45) is 2.63. The quantitative estimate of drug-likeness (QED) is 0.672. The first-order valence-corrected chi connectivity index (χ1v) is 9.18. The lowest BCUT2D eigenvalue weighted by Crippen LogP contribution is -2.41. The summed E-state index contributed by atoms with van der Waals surface area (Å²) in [4.78, 5) is 23.8. The fraction of sp³-hybridized carbons (Fsp3) is 0.429. The van der Waals surface area contributed by atoms with Crippen LogP contribution in [0.3, 0.4) is 0 Å². The molecule has 1 aromatic rings. The first-order valence-electron chi connectivity index (χ1n) is 6.42. The first-order chi connectivity index (χ1) is 10.0. The Morgan fingerprint density at radius 2 is 1.95 bits per heavy atom. The molecule has 21 heavy (non-hydrogen) atoms. The van der Waals surface area contributed by atoms with Crippen molar-refractivity contribution < 1.29 is 14.7 Å². The third-order valence-corrected chi connectivity index (χ3v) is 4.57. The number of halogens is 1. The van der Waals surface area contributed by atoms with Gasteiger partial charge in [-0.15, -0.1) is 11.8 Å². The van der Waals surface area contributed by atoms with Crippen LogP contribution in [0.1, 0.15) is 12.8 Å². The summed E-state index contributed by atoms with van der Waals surface area (Å²) in [5.41, 5.74) is 0. The molecule has 0 bridgehead atoms. The maximum absolute atomic E-state index is 11.7. The molecule has 7 heteroatoms. The molecule has 1 aromatic carbocycles. The van der Waals surface area contributed by atoms with Gasteiger partial charge in [-0.3, -0.25) is 4.79 Å². The van der Waals surface area contributed by atoms with Crippen LogP contribution in [0.2, 0.25) is 5.02 Å². The Hall–Kier alpha value is -0.850. The SMILES string of the molecule is CSCC[C@@H](NC(=O)CCSc1ccc(Cl)cc1)C(=O)O. The molecule has 1 rings (SSSR count). The average molecular weight is 348 g/mol. The van der Waals surface area contributed by atoms with Crippen molar-refractivity contribution in [3.8, 4) is 0 Å². The van der Waals surface area contributed by atoms with E-state index in [4.69, 9.17) is 16.7 Å². The van der Waals surface area contributed by atoms with E-state index in [1.54, 1.807) is 23.9 Å². The van der Waals surface area contributed by atoms with E-state index in [1.165, 1.54) is 11.8 Å². The molecule has 0 saturated heterocycles. The van der Waals surface area contributed by atoms with E-state index in [2.05, 4.69) is 5.32 Å². The Bertz CT molecular complexity index is 468. The third-order valence-electron chi connectivity index (χ3n) is 2.66. The number of benzene rings is 1. The zero-order valence-electron chi connectivity index (χ0n) is 11.7. The number of aliphatic carboxylic acids is 1. The summed E-state index contributed by atoms with van der Waals surface area (Å²) in [7, 11) is 0. The Morgan fingerprint density at radius 3 is 2.52 bits per heavy atom. The van der Waals surface area contributed by atoms with Gasteiger partial charge in [0.2, 0.25) is 5.91 Å². The number of hydrogen-bond acceptors (Lipinski definition) is 4. The Labute approximate surface area is 138 Å². The van der Waals surface area contributed by atoms with Crippen LogP contribution in [0.5, 0.6) is 0 Å². The molecule has 0 aromatic heterocycles. The predicted octanol–water partition coefficient (Wildman–Crippen LogP) is 3.14. The van der Waals surface area contributed by atoms with Crippen LogP contribution in [0, 0.1) is 0 Å². The van der Waals surface area contributed by atoms with Crippen molar-refractivity contribution in [2.45, 2.75) is 23.8 Å². The zero-order valence-corrected chi connectivity index (χ0v) is 14.1. The van der Waals surface area contributed by atoms with E-state index in [9.17, 15) is 9.59 Å². The number of carbonyl (C=O) groups excluding carboxylic acids is 1. The molecule has 4 nitrogen and oxygen atoms in total. The highest BCUT2D eigenvalue weighted by Crippen LogP contribution is 2.20. The summed E-state index contributed by atoms with van der Waals surface area (Å²) in [6, 6.07) is 6.58. The van der Waals surface area contributed by atoms with E-state index >= 15 is 0 Å². The van der Waals surface area contributed by atoms with Crippen LogP contribution >= 0.6 is 35.1 Å². The lowest BCUT2D eigenvalue weighted by molar-refractivity contribution is -0.141. The maximum atomic E-state index is 11.7. The first kappa shape index (κ1) is 18.2. The van der Waals surface area contributed by atoms with Crippen molar-refractivity contribution >= 4 is 47.0 Å². The monoisotopic (exact) mass is 347 g/mol. The van der Waals surface area contributed by atoms with Gasteiger partial charge in [0.25, 0.3) is 0 Å². The lowest BCUT2D eigenvalue weighted by atomic mass is 10.2. The van der Waals surface area contributed by atoms with Crippen molar-refractivity contribution in [3.63, 3.8) is 0 Å². The van der Waals surface area contributed by atoms with Gasteiger partial charge in [-0.25, -0.2) is 4.79 Å². The Kier molecular flexibility index (Phi) is 8.64. The van der Waals surface area contributed by atoms with E-state index in [-0.39, 0.29) is 12.3 Å². The molecule has 0 unspecified atom stereocenters. The second-order valence-corrected chi connectivity index (χ2v) is 6.88. The summed E-state index contributed by atoms with van der Waals surface area (Å²) in [5.74, 6) is 0.0896. The number of carboxylic acids is 1. The van der Waals surface area contributed by atoms with Gasteiger partial charge in [-0.05, 0) is 42.7 Å². The largest absolute Gasteiger partial charge is 0.480 e. The lowest BCUT2D eigenvalue weighted by Gasteiger charge is -2.13. The highest BCUT2D eigenvalue weighted by Gasteiger charge is 2.18. The van der Waals surface area contributed by atoms with Crippen LogP contribution < -0.4 is 5.32 Å².